The van der Waals surface area contributed by atoms with Crippen LogP contribution in [-0.4, -0.2) is 48.3 Å². The average Bonchev–Trinajstić information content (AvgIpc) is 2.45. The first kappa shape index (κ1) is 15.0. The van der Waals surface area contributed by atoms with Crippen LogP contribution in [0.1, 0.15) is 31.2 Å². The Morgan fingerprint density at radius 1 is 1.45 bits per heavy atom. The van der Waals surface area contributed by atoms with Crippen molar-refractivity contribution in [2.45, 2.75) is 31.8 Å². The van der Waals surface area contributed by atoms with Crippen molar-refractivity contribution in [2.24, 2.45) is 0 Å². The maximum absolute atomic E-state index is 10.7. The summed E-state index contributed by atoms with van der Waals surface area (Å²) in [6.07, 6.45) is 1.03. The topological polar surface area (TPSA) is 49.8 Å². The zero-order chi connectivity index (χ0) is 14.4. The molecule has 1 aliphatic rings. The first-order valence-electron chi connectivity index (χ1n) is 7.26. The van der Waals surface area contributed by atoms with Crippen LogP contribution in [0.15, 0.2) is 30.3 Å². The van der Waals surface area contributed by atoms with Crippen molar-refractivity contribution >= 4 is 5.97 Å². The Bertz CT molecular complexity index is 421. The third kappa shape index (κ3) is 4.62. The number of carboxylic acids is 1. The van der Waals surface area contributed by atoms with Crippen molar-refractivity contribution < 1.29 is 14.6 Å². The lowest BCUT2D eigenvalue weighted by Crippen LogP contribution is -2.43. The van der Waals surface area contributed by atoms with Gasteiger partial charge in [-0.1, -0.05) is 37.3 Å². The van der Waals surface area contributed by atoms with Crippen molar-refractivity contribution in [1.29, 1.82) is 0 Å². The highest BCUT2D eigenvalue weighted by Gasteiger charge is 2.22. The molecule has 0 radical (unpaired) electrons. The van der Waals surface area contributed by atoms with E-state index in [4.69, 9.17) is 9.84 Å². The number of benzene rings is 1. The minimum atomic E-state index is -0.783. The van der Waals surface area contributed by atoms with E-state index in [1.165, 1.54) is 5.56 Å². The fraction of sp³-hybridized carbons (Fsp3) is 0.562. The van der Waals surface area contributed by atoms with Gasteiger partial charge in [0.05, 0.1) is 19.1 Å². The van der Waals surface area contributed by atoms with Crippen LogP contribution in [-0.2, 0) is 9.53 Å². The van der Waals surface area contributed by atoms with E-state index >= 15 is 0 Å². The van der Waals surface area contributed by atoms with Gasteiger partial charge in [0.15, 0.2) is 0 Å². The number of hydrogen-bond acceptors (Lipinski definition) is 3. The smallest absolute Gasteiger partial charge is 0.306 e. The number of carboxylic acid groups (broad SMARTS) is 1. The van der Waals surface area contributed by atoms with Crippen molar-refractivity contribution in [3.8, 4) is 0 Å². The maximum atomic E-state index is 10.7. The Labute approximate surface area is 120 Å². The summed E-state index contributed by atoms with van der Waals surface area (Å²) < 4.78 is 5.49. The van der Waals surface area contributed by atoms with Gasteiger partial charge in [0.25, 0.3) is 0 Å². The molecule has 2 rings (SSSR count). The Balaban J connectivity index is 1.77. The van der Waals surface area contributed by atoms with Crippen LogP contribution in [0, 0.1) is 0 Å². The van der Waals surface area contributed by atoms with E-state index in [0.29, 0.717) is 12.5 Å². The van der Waals surface area contributed by atoms with Crippen molar-refractivity contribution in [2.75, 3.05) is 26.2 Å². The zero-order valence-corrected chi connectivity index (χ0v) is 12.0. The molecule has 0 saturated carbocycles. The first-order chi connectivity index (χ1) is 9.65. The lowest BCUT2D eigenvalue weighted by Gasteiger charge is -2.32. The molecule has 110 valence electrons. The largest absolute Gasteiger partial charge is 0.481 e. The third-order valence-electron chi connectivity index (χ3n) is 3.87. The molecule has 1 fully saturated rings. The van der Waals surface area contributed by atoms with Crippen molar-refractivity contribution in [3.63, 3.8) is 0 Å². The molecule has 0 aromatic heterocycles. The van der Waals surface area contributed by atoms with E-state index in [0.717, 1.165) is 26.1 Å². The highest BCUT2D eigenvalue weighted by Crippen LogP contribution is 2.19. The molecular formula is C16H23NO3. The summed E-state index contributed by atoms with van der Waals surface area (Å²) in [6.45, 7) is 5.50. The lowest BCUT2D eigenvalue weighted by atomic mass is 9.97. The SMILES string of the molecule is CC(CCN1CCOC(CC(=O)O)C1)c1ccccc1. The molecule has 0 bridgehead atoms. The molecule has 1 aromatic carbocycles. The standard InChI is InChI=1S/C16H23NO3/c1-13(14-5-3-2-4-6-14)7-8-17-9-10-20-15(12-17)11-16(18)19/h2-6,13,15H,7-12H2,1H3,(H,18,19). The number of carbonyl (C=O) groups is 1. The lowest BCUT2D eigenvalue weighted by molar-refractivity contribution is -0.142. The van der Waals surface area contributed by atoms with Crippen molar-refractivity contribution in [3.05, 3.63) is 35.9 Å². The summed E-state index contributed by atoms with van der Waals surface area (Å²) >= 11 is 0. The maximum Gasteiger partial charge on any atom is 0.306 e. The van der Waals surface area contributed by atoms with Gasteiger partial charge in [-0.2, -0.15) is 0 Å². The van der Waals surface area contributed by atoms with Gasteiger partial charge < -0.3 is 9.84 Å². The third-order valence-corrected chi connectivity index (χ3v) is 3.87. The van der Waals surface area contributed by atoms with Gasteiger partial charge in [-0.15, -0.1) is 0 Å². The summed E-state index contributed by atoms with van der Waals surface area (Å²) in [5.41, 5.74) is 1.36. The predicted octanol–water partition coefficient (Wildman–Crippen LogP) is 2.36. The molecule has 1 heterocycles. The minimum Gasteiger partial charge on any atom is -0.481 e. The molecule has 2 atom stereocenters. The second kappa shape index (κ2) is 7.41. The molecule has 1 aromatic rings. The van der Waals surface area contributed by atoms with Crippen LogP contribution in [0.25, 0.3) is 0 Å². The molecule has 1 N–H and O–H groups in total. The van der Waals surface area contributed by atoms with Gasteiger partial charge in [0, 0.05) is 13.1 Å². The highest BCUT2D eigenvalue weighted by molar-refractivity contribution is 5.67. The fourth-order valence-electron chi connectivity index (χ4n) is 2.63. The van der Waals surface area contributed by atoms with Gasteiger partial charge in [0.2, 0.25) is 0 Å². The molecule has 0 amide bonds. The number of morpholine rings is 1. The highest BCUT2D eigenvalue weighted by atomic mass is 16.5. The van der Waals surface area contributed by atoms with E-state index in [9.17, 15) is 4.79 Å². The Kier molecular flexibility index (Phi) is 5.56. The van der Waals surface area contributed by atoms with E-state index in [1.807, 2.05) is 6.07 Å². The number of aliphatic carboxylic acids is 1. The van der Waals surface area contributed by atoms with Gasteiger partial charge in [-0.05, 0) is 24.4 Å². The summed E-state index contributed by atoms with van der Waals surface area (Å²) in [6, 6.07) is 10.5. The second-order valence-corrected chi connectivity index (χ2v) is 5.49. The zero-order valence-electron chi connectivity index (χ0n) is 12.0. The minimum absolute atomic E-state index is 0.102. The van der Waals surface area contributed by atoms with Crippen LogP contribution in [0.4, 0.5) is 0 Å². The molecular weight excluding hydrogens is 254 g/mol. The van der Waals surface area contributed by atoms with Crippen LogP contribution in [0.5, 0.6) is 0 Å². The molecule has 1 aliphatic heterocycles. The molecule has 0 aliphatic carbocycles. The van der Waals surface area contributed by atoms with Crippen LogP contribution in [0.3, 0.4) is 0 Å². The number of rotatable bonds is 6. The summed E-state index contributed by atoms with van der Waals surface area (Å²) in [5, 5.41) is 8.82. The van der Waals surface area contributed by atoms with Crippen LogP contribution >= 0.6 is 0 Å². The monoisotopic (exact) mass is 277 g/mol. The molecule has 4 nitrogen and oxygen atoms in total. The second-order valence-electron chi connectivity index (χ2n) is 5.49. The van der Waals surface area contributed by atoms with Crippen LogP contribution < -0.4 is 0 Å². The molecule has 0 spiro atoms. The normalized spacial score (nSPS) is 21.6. The van der Waals surface area contributed by atoms with Crippen molar-refractivity contribution in [1.82, 2.24) is 4.90 Å². The predicted molar refractivity (Wildman–Crippen MR) is 77.9 cm³/mol. The number of ether oxygens (including phenoxy) is 1. The number of hydrogen-bond donors (Lipinski definition) is 1. The van der Waals surface area contributed by atoms with Gasteiger partial charge in [0.1, 0.15) is 0 Å². The Morgan fingerprint density at radius 3 is 2.90 bits per heavy atom. The van der Waals surface area contributed by atoms with E-state index < -0.39 is 5.97 Å². The van der Waals surface area contributed by atoms with Gasteiger partial charge in [-0.3, -0.25) is 9.69 Å². The quantitative estimate of drug-likeness (QED) is 0.867. The van der Waals surface area contributed by atoms with Crippen LogP contribution in [0.2, 0.25) is 0 Å². The number of nitrogens with zero attached hydrogens (tertiary/aromatic N) is 1. The fourth-order valence-corrected chi connectivity index (χ4v) is 2.63. The first-order valence-corrected chi connectivity index (χ1v) is 7.26. The Morgan fingerprint density at radius 2 is 2.20 bits per heavy atom. The molecule has 2 unspecified atom stereocenters. The molecule has 4 heteroatoms. The summed E-state index contributed by atoms with van der Waals surface area (Å²) in [7, 11) is 0. The van der Waals surface area contributed by atoms with E-state index in [-0.39, 0.29) is 12.5 Å². The summed E-state index contributed by atoms with van der Waals surface area (Å²) in [4.78, 5) is 13.0. The molecule has 20 heavy (non-hydrogen) atoms. The Hall–Kier alpha value is -1.39. The van der Waals surface area contributed by atoms with E-state index in [2.05, 4.69) is 36.1 Å². The average molecular weight is 277 g/mol. The van der Waals surface area contributed by atoms with E-state index in [1.54, 1.807) is 0 Å². The molecule has 1 saturated heterocycles. The van der Waals surface area contributed by atoms with Gasteiger partial charge in [-0.25, -0.2) is 0 Å². The van der Waals surface area contributed by atoms with Gasteiger partial charge >= 0.3 is 5.97 Å². The summed E-state index contributed by atoms with van der Waals surface area (Å²) in [5.74, 6) is -0.258.